The van der Waals surface area contributed by atoms with Crippen molar-refractivity contribution in [1.29, 1.82) is 0 Å². The van der Waals surface area contributed by atoms with Crippen LogP contribution in [0.2, 0.25) is 0 Å². The van der Waals surface area contributed by atoms with Gasteiger partial charge in [-0.15, -0.1) is 0 Å². The second-order valence-electron chi connectivity index (χ2n) is 12.4. The van der Waals surface area contributed by atoms with E-state index in [-0.39, 0.29) is 12.1 Å². The molecule has 0 radical (unpaired) electrons. The molecule has 0 aliphatic carbocycles. The number of carbonyl (C=O) groups is 2. The molecule has 1 N–H and O–H groups in total. The number of carboxylic acids is 1. The van der Waals surface area contributed by atoms with Crippen LogP contribution in [-0.4, -0.2) is 23.1 Å². The van der Waals surface area contributed by atoms with Crippen molar-refractivity contribution in [3.8, 4) is 0 Å². The maximum atomic E-state index is 12.3. The minimum Gasteiger partial charge on any atom is -0.481 e. The van der Waals surface area contributed by atoms with Gasteiger partial charge in [0.05, 0.1) is 0 Å². The number of rotatable bonds is 33. The quantitative estimate of drug-likeness (QED) is 0.0478. The summed E-state index contributed by atoms with van der Waals surface area (Å²) in [5.74, 6) is -0.653. The van der Waals surface area contributed by atoms with E-state index in [0.717, 1.165) is 38.5 Å². The number of ether oxygens (including phenoxy) is 1. The lowest BCUT2D eigenvalue weighted by Crippen LogP contribution is -2.17. The summed E-state index contributed by atoms with van der Waals surface area (Å²) in [6.07, 6.45) is 40.3. The molecular weight excluding hydrogens is 508 g/mol. The highest BCUT2D eigenvalue weighted by molar-refractivity contribution is 5.69. The highest BCUT2D eigenvalue weighted by Gasteiger charge is 2.12. The first-order valence-corrected chi connectivity index (χ1v) is 18.2. The normalized spacial score (nSPS) is 12.2. The molecule has 4 heteroatoms. The fourth-order valence-corrected chi connectivity index (χ4v) is 5.52. The summed E-state index contributed by atoms with van der Waals surface area (Å²) in [5.41, 5.74) is 0. The molecule has 1 atom stereocenters. The highest BCUT2D eigenvalue weighted by atomic mass is 16.5. The van der Waals surface area contributed by atoms with Crippen molar-refractivity contribution in [2.24, 2.45) is 0 Å². The van der Waals surface area contributed by atoms with Crippen molar-refractivity contribution >= 4 is 11.9 Å². The van der Waals surface area contributed by atoms with E-state index < -0.39 is 5.97 Å². The molecule has 0 aliphatic rings. The Balaban J connectivity index is 3.43. The lowest BCUT2D eigenvalue weighted by molar-refractivity contribution is -0.149. The van der Waals surface area contributed by atoms with E-state index in [9.17, 15) is 9.59 Å². The summed E-state index contributed by atoms with van der Waals surface area (Å²) >= 11 is 0. The third-order valence-electron chi connectivity index (χ3n) is 8.31. The van der Waals surface area contributed by atoms with Gasteiger partial charge in [-0.3, -0.25) is 9.59 Å². The molecule has 0 saturated heterocycles. The number of hydrogen-bond donors (Lipinski definition) is 1. The van der Waals surface area contributed by atoms with Gasteiger partial charge in [-0.25, -0.2) is 0 Å². The van der Waals surface area contributed by atoms with Gasteiger partial charge >= 0.3 is 11.9 Å². The Morgan fingerprint density at radius 3 is 1.37 bits per heavy atom. The Labute approximate surface area is 255 Å². The number of allylic oxidation sites excluding steroid dienone is 2. The van der Waals surface area contributed by atoms with E-state index in [1.54, 1.807) is 0 Å². The molecule has 1 unspecified atom stereocenters. The van der Waals surface area contributed by atoms with Crippen LogP contribution in [0.4, 0.5) is 0 Å². The van der Waals surface area contributed by atoms with Gasteiger partial charge in [-0.05, 0) is 57.8 Å². The van der Waals surface area contributed by atoms with Gasteiger partial charge in [0, 0.05) is 12.8 Å². The minimum absolute atomic E-state index is 0.0131. The van der Waals surface area contributed by atoms with Crippen LogP contribution in [0.25, 0.3) is 0 Å². The second kappa shape index (κ2) is 33.2. The number of carboxylic acid groups (broad SMARTS) is 1. The Morgan fingerprint density at radius 2 is 0.927 bits per heavy atom. The van der Waals surface area contributed by atoms with Gasteiger partial charge < -0.3 is 9.84 Å². The molecule has 0 rings (SSSR count). The maximum absolute atomic E-state index is 12.3. The van der Waals surface area contributed by atoms with Crippen LogP contribution in [-0.2, 0) is 14.3 Å². The van der Waals surface area contributed by atoms with Gasteiger partial charge in [-0.2, -0.15) is 0 Å². The average Bonchev–Trinajstić information content (AvgIpc) is 2.96. The molecular formula is C37H70O4. The fraction of sp³-hybridized carbons (Fsp3) is 0.892. The summed E-state index contributed by atoms with van der Waals surface area (Å²) in [7, 11) is 0. The molecule has 0 amide bonds. The molecule has 0 aliphatic heterocycles. The molecule has 0 fully saturated rings. The average molecular weight is 579 g/mol. The first kappa shape index (κ1) is 39.7. The topological polar surface area (TPSA) is 63.6 Å². The van der Waals surface area contributed by atoms with Gasteiger partial charge in [0.1, 0.15) is 6.10 Å². The van der Waals surface area contributed by atoms with Crippen LogP contribution < -0.4 is 0 Å². The predicted octanol–water partition coefficient (Wildman–Crippen LogP) is 12.3. The smallest absolute Gasteiger partial charge is 0.306 e. The molecule has 0 aromatic rings. The molecule has 242 valence electrons. The lowest BCUT2D eigenvalue weighted by atomic mass is 10.0. The lowest BCUT2D eigenvalue weighted by Gasteiger charge is -2.16. The molecule has 0 aromatic heterocycles. The van der Waals surface area contributed by atoms with E-state index in [2.05, 4.69) is 26.0 Å². The van der Waals surface area contributed by atoms with Gasteiger partial charge in [0.15, 0.2) is 0 Å². The minimum atomic E-state index is -0.667. The standard InChI is InChI=1S/C37H70O4/c1-3-5-6-7-8-9-10-11-16-19-22-25-28-31-34-37(40)41-35(4-2)32-29-26-23-20-17-14-12-13-15-18-21-24-27-30-33-36(38)39/h9-10,35H,3-8,11-34H2,1-2H3,(H,38,39)/b10-9-. The Kier molecular flexibility index (Phi) is 32.1. The first-order chi connectivity index (χ1) is 20.1. The molecule has 41 heavy (non-hydrogen) atoms. The summed E-state index contributed by atoms with van der Waals surface area (Å²) in [5, 5.41) is 8.64. The van der Waals surface area contributed by atoms with Gasteiger partial charge in [0.25, 0.3) is 0 Å². The maximum Gasteiger partial charge on any atom is 0.306 e. The zero-order valence-electron chi connectivity index (χ0n) is 27.6. The number of esters is 1. The monoisotopic (exact) mass is 579 g/mol. The summed E-state index contributed by atoms with van der Waals surface area (Å²) in [6, 6.07) is 0. The van der Waals surface area contributed by atoms with E-state index in [1.165, 1.54) is 141 Å². The number of aliphatic carboxylic acids is 1. The second-order valence-corrected chi connectivity index (χ2v) is 12.4. The van der Waals surface area contributed by atoms with Gasteiger partial charge in [-0.1, -0.05) is 148 Å². The van der Waals surface area contributed by atoms with Crippen LogP contribution in [0.15, 0.2) is 12.2 Å². The van der Waals surface area contributed by atoms with E-state index in [1.807, 2.05) is 0 Å². The third kappa shape index (κ3) is 33.1. The van der Waals surface area contributed by atoms with Crippen molar-refractivity contribution in [3.05, 3.63) is 12.2 Å². The molecule has 0 saturated carbocycles. The third-order valence-corrected chi connectivity index (χ3v) is 8.31. The van der Waals surface area contributed by atoms with E-state index in [4.69, 9.17) is 9.84 Å². The predicted molar refractivity (Wildman–Crippen MR) is 177 cm³/mol. The number of unbranched alkanes of at least 4 members (excludes halogenated alkanes) is 23. The van der Waals surface area contributed by atoms with Crippen LogP contribution in [0.3, 0.4) is 0 Å². The molecule has 4 nitrogen and oxygen atoms in total. The summed E-state index contributed by atoms with van der Waals surface area (Å²) < 4.78 is 5.77. The van der Waals surface area contributed by atoms with Crippen molar-refractivity contribution < 1.29 is 19.4 Å². The molecule has 0 spiro atoms. The first-order valence-electron chi connectivity index (χ1n) is 18.2. The largest absolute Gasteiger partial charge is 0.481 e. The van der Waals surface area contributed by atoms with Crippen molar-refractivity contribution in [1.82, 2.24) is 0 Å². The number of carbonyl (C=O) groups excluding carboxylic acids is 1. The van der Waals surface area contributed by atoms with Crippen LogP contribution in [0, 0.1) is 0 Å². The van der Waals surface area contributed by atoms with Crippen molar-refractivity contribution in [2.75, 3.05) is 0 Å². The van der Waals surface area contributed by atoms with Gasteiger partial charge in [0.2, 0.25) is 0 Å². The summed E-state index contributed by atoms with van der Waals surface area (Å²) in [6.45, 7) is 4.40. The molecule has 0 aromatic carbocycles. The zero-order valence-corrected chi connectivity index (χ0v) is 27.6. The van der Waals surface area contributed by atoms with Crippen molar-refractivity contribution in [2.45, 2.75) is 213 Å². The zero-order chi connectivity index (χ0) is 30.1. The molecule has 0 heterocycles. The number of hydrogen-bond acceptors (Lipinski definition) is 3. The SMILES string of the molecule is CCCCCC/C=C\CCCCCCCCC(=O)OC(CC)CCCCCCCCCCCCCCCCC(=O)O. The van der Waals surface area contributed by atoms with Crippen LogP contribution in [0.5, 0.6) is 0 Å². The van der Waals surface area contributed by atoms with E-state index in [0.29, 0.717) is 12.8 Å². The Bertz CT molecular complexity index is 585. The highest BCUT2D eigenvalue weighted by Crippen LogP contribution is 2.17. The van der Waals surface area contributed by atoms with Crippen LogP contribution >= 0.6 is 0 Å². The Morgan fingerprint density at radius 1 is 0.537 bits per heavy atom. The fourth-order valence-electron chi connectivity index (χ4n) is 5.52. The van der Waals surface area contributed by atoms with E-state index >= 15 is 0 Å². The molecule has 0 bridgehead atoms. The van der Waals surface area contributed by atoms with Crippen molar-refractivity contribution in [3.63, 3.8) is 0 Å². The Hall–Kier alpha value is -1.32. The summed E-state index contributed by atoms with van der Waals surface area (Å²) in [4.78, 5) is 22.8. The van der Waals surface area contributed by atoms with Crippen LogP contribution in [0.1, 0.15) is 206 Å².